The smallest absolute Gasteiger partial charge is 0.264 e. The first kappa shape index (κ1) is 17.8. The van der Waals surface area contributed by atoms with Crippen LogP contribution in [0.3, 0.4) is 0 Å². The Hall–Kier alpha value is -2.32. The molecule has 1 saturated heterocycles. The number of aromatic nitrogens is 3. The van der Waals surface area contributed by atoms with Crippen LogP contribution in [0.15, 0.2) is 18.2 Å². The number of thiophene rings is 1. The molecule has 2 aliphatic heterocycles. The molecule has 4 heterocycles. The predicted octanol–water partition coefficient (Wildman–Crippen LogP) is 3.06. The molecule has 1 amide bonds. The minimum absolute atomic E-state index is 0.0602. The normalized spacial score (nSPS) is 17.9. The molecule has 0 saturated carbocycles. The standard InChI is InChI=1S/C20H22FN5OS/c1-12-15-10-14(21)2-3-16(15)28-18(12)20(27)25-7-4-13(5-8-25)19-24-23-17-11-22-6-9-26(17)19/h2-3,10,13,22H,4-9,11H2,1H3. The van der Waals surface area contributed by atoms with Gasteiger partial charge in [-0.05, 0) is 48.9 Å². The zero-order valence-electron chi connectivity index (χ0n) is 15.7. The van der Waals surface area contributed by atoms with E-state index in [4.69, 9.17) is 0 Å². The van der Waals surface area contributed by atoms with Crippen LogP contribution < -0.4 is 5.32 Å². The first-order chi connectivity index (χ1) is 13.6. The molecule has 28 heavy (non-hydrogen) atoms. The van der Waals surface area contributed by atoms with Crippen molar-refractivity contribution in [1.82, 2.24) is 25.0 Å². The number of nitrogens with one attached hydrogen (secondary N) is 1. The molecule has 8 heteroatoms. The summed E-state index contributed by atoms with van der Waals surface area (Å²) in [6.45, 7) is 5.97. The maximum absolute atomic E-state index is 13.6. The fourth-order valence-electron chi connectivity index (χ4n) is 4.30. The summed E-state index contributed by atoms with van der Waals surface area (Å²) in [6, 6.07) is 4.73. The molecule has 1 fully saturated rings. The molecule has 0 unspecified atom stereocenters. The van der Waals surface area contributed by atoms with Crippen LogP contribution in [-0.4, -0.2) is 45.2 Å². The predicted molar refractivity (Wildman–Crippen MR) is 106 cm³/mol. The van der Waals surface area contributed by atoms with E-state index in [0.717, 1.165) is 64.7 Å². The number of piperidine rings is 1. The van der Waals surface area contributed by atoms with Crippen molar-refractivity contribution in [3.63, 3.8) is 0 Å². The third kappa shape index (κ3) is 2.91. The van der Waals surface area contributed by atoms with Crippen LogP contribution in [0.1, 0.15) is 45.6 Å². The van der Waals surface area contributed by atoms with E-state index < -0.39 is 0 Å². The molecule has 0 aliphatic carbocycles. The maximum atomic E-state index is 13.6. The van der Waals surface area contributed by atoms with Crippen LogP contribution in [0, 0.1) is 12.7 Å². The minimum atomic E-state index is -0.264. The fourth-order valence-corrected chi connectivity index (χ4v) is 5.46. The Morgan fingerprint density at radius 1 is 1.25 bits per heavy atom. The number of halogens is 1. The van der Waals surface area contributed by atoms with Crippen molar-refractivity contribution in [2.24, 2.45) is 0 Å². The fraction of sp³-hybridized carbons (Fsp3) is 0.450. The average molecular weight is 399 g/mol. The Morgan fingerprint density at radius 3 is 2.89 bits per heavy atom. The Morgan fingerprint density at radius 2 is 2.07 bits per heavy atom. The van der Waals surface area contributed by atoms with Crippen molar-refractivity contribution >= 4 is 27.3 Å². The molecule has 146 valence electrons. The molecule has 2 aromatic heterocycles. The number of nitrogens with zero attached hydrogens (tertiary/aromatic N) is 4. The van der Waals surface area contributed by atoms with Gasteiger partial charge in [0, 0.05) is 36.8 Å². The largest absolute Gasteiger partial charge is 0.338 e. The third-order valence-corrected chi connectivity index (χ3v) is 7.15. The highest BCUT2D eigenvalue weighted by Gasteiger charge is 2.30. The summed E-state index contributed by atoms with van der Waals surface area (Å²) in [4.78, 5) is 15.8. The molecule has 3 aromatic rings. The summed E-state index contributed by atoms with van der Waals surface area (Å²) in [7, 11) is 0. The lowest BCUT2D eigenvalue weighted by molar-refractivity contribution is 0.0714. The number of carbonyl (C=O) groups excluding carboxylic acids is 1. The summed E-state index contributed by atoms with van der Waals surface area (Å²) in [5.41, 5.74) is 0.880. The molecule has 1 N–H and O–H groups in total. The maximum Gasteiger partial charge on any atom is 0.264 e. The Kier molecular flexibility index (Phi) is 4.40. The molecule has 0 spiro atoms. The first-order valence-corrected chi connectivity index (χ1v) is 10.5. The molecule has 5 rings (SSSR count). The number of benzene rings is 1. The van der Waals surface area contributed by atoms with Gasteiger partial charge < -0.3 is 14.8 Å². The molecular weight excluding hydrogens is 377 g/mol. The van der Waals surface area contributed by atoms with Crippen LogP contribution in [0.25, 0.3) is 10.1 Å². The van der Waals surface area contributed by atoms with Crippen LogP contribution in [0.4, 0.5) is 4.39 Å². The third-order valence-electron chi connectivity index (χ3n) is 5.89. The molecule has 6 nitrogen and oxygen atoms in total. The van der Waals surface area contributed by atoms with Crippen molar-refractivity contribution < 1.29 is 9.18 Å². The zero-order valence-corrected chi connectivity index (χ0v) is 16.6. The molecule has 0 radical (unpaired) electrons. The van der Waals surface area contributed by atoms with Crippen LogP contribution in [0.2, 0.25) is 0 Å². The van der Waals surface area contributed by atoms with E-state index in [2.05, 4.69) is 20.1 Å². The summed E-state index contributed by atoms with van der Waals surface area (Å²) in [5.74, 6) is 2.22. The van der Waals surface area contributed by atoms with Crippen LogP contribution >= 0.6 is 11.3 Å². The van der Waals surface area contributed by atoms with Gasteiger partial charge in [-0.2, -0.15) is 0 Å². The number of amides is 1. The van der Waals surface area contributed by atoms with E-state index in [1.54, 1.807) is 6.07 Å². The number of likely N-dealkylation sites (tertiary alicyclic amines) is 1. The van der Waals surface area contributed by atoms with Crippen molar-refractivity contribution in [2.45, 2.75) is 38.8 Å². The second kappa shape index (κ2) is 6.93. The number of fused-ring (bicyclic) bond motifs is 2. The van der Waals surface area contributed by atoms with Gasteiger partial charge in [0.2, 0.25) is 0 Å². The van der Waals surface area contributed by atoms with Crippen molar-refractivity contribution in [2.75, 3.05) is 19.6 Å². The molecule has 0 bridgehead atoms. The summed E-state index contributed by atoms with van der Waals surface area (Å²) in [5, 5.41) is 12.9. The van der Waals surface area contributed by atoms with Gasteiger partial charge >= 0.3 is 0 Å². The van der Waals surface area contributed by atoms with E-state index in [0.29, 0.717) is 19.0 Å². The van der Waals surface area contributed by atoms with Crippen LogP contribution in [-0.2, 0) is 13.1 Å². The van der Waals surface area contributed by atoms with Gasteiger partial charge in [0.15, 0.2) is 0 Å². The number of carbonyl (C=O) groups is 1. The molecule has 0 atom stereocenters. The molecule has 2 aliphatic rings. The van der Waals surface area contributed by atoms with E-state index in [1.807, 2.05) is 11.8 Å². The Labute approximate surface area is 166 Å². The topological polar surface area (TPSA) is 63.1 Å². The van der Waals surface area contributed by atoms with Gasteiger partial charge in [0.05, 0.1) is 11.4 Å². The second-order valence-electron chi connectivity index (χ2n) is 7.57. The van der Waals surface area contributed by atoms with E-state index in [1.165, 1.54) is 23.5 Å². The molecule has 1 aromatic carbocycles. The summed E-state index contributed by atoms with van der Waals surface area (Å²) >= 11 is 1.46. The van der Waals surface area contributed by atoms with Crippen molar-refractivity contribution in [3.05, 3.63) is 46.1 Å². The van der Waals surface area contributed by atoms with Gasteiger partial charge in [0.1, 0.15) is 17.5 Å². The van der Waals surface area contributed by atoms with Gasteiger partial charge in [-0.3, -0.25) is 4.79 Å². The number of hydrogen-bond donors (Lipinski definition) is 1. The minimum Gasteiger partial charge on any atom is -0.338 e. The number of aryl methyl sites for hydroxylation is 1. The Balaban J connectivity index is 1.32. The molecular formula is C20H22FN5OS. The summed E-state index contributed by atoms with van der Waals surface area (Å²) in [6.07, 6.45) is 1.80. The lowest BCUT2D eigenvalue weighted by Crippen LogP contribution is -2.38. The number of rotatable bonds is 2. The van der Waals surface area contributed by atoms with Crippen LogP contribution in [0.5, 0.6) is 0 Å². The Bertz CT molecular complexity index is 1050. The summed E-state index contributed by atoms with van der Waals surface area (Å²) < 4.78 is 16.8. The van der Waals surface area contributed by atoms with Gasteiger partial charge in [0.25, 0.3) is 5.91 Å². The highest BCUT2D eigenvalue weighted by molar-refractivity contribution is 7.21. The quantitative estimate of drug-likeness (QED) is 0.719. The lowest BCUT2D eigenvalue weighted by Gasteiger charge is -2.32. The highest BCUT2D eigenvalue weighted by Crippen LogP contribution is 2.34. The zero-order chi connectivity index (χ0) is 19.3. The van der Waals surface area contributed by atoms with E-state index >= 15 is 0 Å². The second-order valence-corrected chi connectivity index (χ2v) is 8.62. The van der Waals surface area contributed by atoms with Crippen molar-refractivity contribution in [1.29, 1.82) is 0 Å². The van der Waals surface area contributed by atoms with Gasteiger partial charge in [-0.25, -0.2) is 4.39 Å². The highest BCUT2D eigenvalue weighted by atomic mass is 32.1. The average Bonchev–Trinajstić information content (AvgIpc) is 3.29. The number of hydrogen-bond acceptors (Lipinski definition) is 5. The van der Waals surface area contributed by atoms with Gasteiger partial charge in [-0.1, -0.05) is 0 Å². The monoisotopic (exact) mass is 399 g/mol. The lowest BCUT2D eigenvalue weighted by atomic mass is 9.95. The van der Waals surface area contributed by atoms with E-state index in [9.17, 15) is 9.18 Å². The van der Waals surface area contributed by atoms with Gasteiger partial charge in [-0.15, -0.1) is 21.5 Å². The first-order valence-electron chi connectivity index (χ1n) is 9.72. The van der Waals surface area contributed by atoms with Crippen molar-refractivity contribution in [3.8, 4) is 0 Å². The van der Waals surface area contributed by atoms with E-state index in [-0.39, 0.29) is 11.7 Å². The SMILES string of the molecule is Cc1c(C(=O)N2CCC(c3nnc4n3CCNC4)CC2)sc2ccc(F)cc12.